The molecule has 1 aromatic heterocycles. The number of hydrogen-bond acceptors (Lipinski definition) is 1. The number of rotatable bonds is 2. The Hall–Kier alpha value is -1.42. The lowest BCUT2D eigenvalue weighted by atomic mass is 10.1. The van der Waals surface area contributed by atoms with E-state index in [0.717, 1.165) is 10.9 Å². The number of nitrogens with zero attached hydrogens (tertiary/aromatic N) is 1. The van der Waals surface area contributed by atoms with E-state index < -0.39 is 12.5 Å². The van der Waals surface area contributed by atoms with Crippen LogP contribution >= 0.6 is 0 Å². The molecule has 0 atom stereocenters. The summed E-state index contributed by atoms with van der Waals surface area (Å²) in [7, 11) is 1.85. The summed E-state index contributed by atoms with van der Waals surface area (Å²) in [4.78, 5) is 0. The minimum Gasteiger partial charge on any atom is -0.390 e. The molecule has 2 nitrogen and oxygen atoms in total. The molecule has 1 aromatic carbocycles. The molecule has 4 heteroatoms. The van der Waals surface area contributed by atoms with Crippen molar-refractivity contribution in [2.24, 2.45) is 7.05 Å². The summed E-state index contributed by atoms with van der Waals surface area (Å²) in [5.74, 6) is -3.16. The molecule has 0 aliphatic carbocycles. The second kappa shape index (κ2) is 3.31. The molecule has 2 rings (SSSR count). The van der Waals surface area contributed by atoms with E-state index in [4.69, 9.17) is 5.11 Å². The van der Waals surface area contributed by atoms with E-state index in [9.17, 15) is 8.78 Å². The van der Waals surface area contributed by atoms with Crippen LogP contribution in [0.5, 0.6) is 0 Å². The quantitative estimate of drug-likeness (QED) is 0.809. The molecule has 0 saturated heterocycles. The van der Waals surface area contributed by atoms with Crippen LogP contribution in [0, 0.1) is 0 Å². The van der Waals surface area contributed by atoms with E-state index >= 15 is 0 Å². The second-order valence-electron chi connectivity index (χ2n) is 3.56. The van der Waals surface area contributed by atoms with Crippen LogP contribution in [0.2, 0.25) is 0 Å². The summed E-state index contributed by atoms with van der Waals surface area (Å²) < 4.78 is 28.2. The molecule has 1 heterocycles. The molecule has 0 amide bonds. The molecular weight excluding hydrogens is 200 g/mol. The van der Waals surface area contributed by atoms with Crippen molar-refractivity contribution in [3.05, 3.63) is 36.0 Å². The molecule has 0 spiro atoms. The van der Waals surface area contributed by atoms with E-state index in [0.29, 0.717) is 0 Å². The Morgan fingerprint density at radius 2 is 2.07 bits per heavy atom. The average molecular weight is 211 g/mol. The van der Waals surface area contributed by atoms with Crippen molar-refractivity contribution in [1.29, 1.82) is 0 Å². The first-order valence-electron chi connectivity index (χ1n) is 4.59. The van der Waals surface area contributed by atoms with Crippen LogP contribution in [0.1, 0.15) is 5.56 Å². The van der Waals surface area contributed by atoms with E-state index in [1.165, 1.54) is 12.1 Å². The smallest absolute Gasteiger partial charge is 0.295 e. The van der Waals surface area contributed by atoms with Gasteiger partial charge >= 0.3 is 0 Å². The molecule has 80 valence electrons. The number of alkyl halides is 2. The summed E-state index contributed by atoms with van der Waals surface area (Å²) in [5.41, 5.74) is 0.746. The van der Waals surface area contributed by atoms with Gasteiger partial charge in [0, 0.05) is 29.7 Å². The molecule has 0 bridgehead atoms. The molecule has 0 saturated carbocycles. The Balaban J connectivity index is 2.57. The normalized spacial score (nSPS) is 12.3. The van der Waals surface area contributed by atoms with E-state index in [2.05, 4.69) is 0 Å². The lowest BCUT2D eigenvalue weighted by molar-refractivity contribution is -0.0555. The molecule has 15 heavy (non-hydrogen) atoms. The number of fused-ring (bicyclic) bond motifs is 1. The maximum Gasteiger partial charge on any atom is 0.295 e. The fraction of sp³-hybridized carbons (Fsp3) is 0.273. The predicted octanol–water partition coefficient (Wildman–Crippen LogP) is 2.26. The zero-order valence-corrected chi connectivity index (χ0v) is 8.24. The zero-order chi connectivity index (χ0) is 11.1. The van der Waals surface area contributed by atoms with Crippen molar-refractivity contribution < 1.29 is 13.9 Å². The molecule has 0 aliphatic rings. The van der Waals surface area contributed by atoms with Gasteiger partial charge in [0.25, 0.3) is 5.92 Å². The standard InChI is InChI=1S/C11H11F2NO/c1-14-5-4-8-6-9(2-3-10(8)14)11(12,13)7-15/h2-6,15H,7H2,1H3. The zero-order valence-electron chi connectivity index (χ0n) is 8.24. The van der Waals surface area contributed by atoms with Crippen LogP contribution in [0.3, 0.4) is 0 Å². The monoisotopic (exact) mass is 211 g/mol. The van der Waals surface area contributed by atoms with Gasteiger partial charge in [-0.05, 0) is 18.2 Å². The number of aliphatic hydroxyl groups is 1. The Labute approximate surface area is 85.8 Å². The van der Waals surface area contributed by atoms with Crippen molar-refractivity contribution in [1.82, 2.24) is 4.57 Å². The van der Waals surface area contributed by atoms with E-state index in [1.54, 1.807) is 12.1 Å². The predicted molar refractivity (Wildman–Crippen MR) is 53.9 cm³/mol. The largest absolute Gasteiger partial charge is 0.390 e. The van der Waals surface area contributed by atoms with Gasteiger partial charge < -0.3 is 9.67 Å². The van der Waals surface area contributed by atoms with Crippen LogP contribution in [0.15, 0.2) is 30.5 Å². The van der Waals surface area contributed by atoms with Crippen molar-refractivity contribution >= 4 is 10.9 Å². The number of hydrogen-bond donors (Lipinski definition) is 1. The third-order valence-corrected chi connectivity index (χ3v) is 2.51. The van der Waals surface area contributed by atoms with Gasteiger partial charge in [0.2, 0.25) is 0 Å². The third-order valence-electron chi connectivity index (χ3n) is 2.51. The van der Waals surface area contributed by atoms with Gasteiger partial charge in [0.05, 0.1) is 0 Å². The maximum atomic E-state index is 13.2. The molecule has 0 radical (unpaired) electrons. The number of aromatic nitrogens is 1. The summed E-state index contributed by atoms with van der Waals surface area (Å²) in [5, 5.41) is 9.32. The molecule has 2 aromatic rings. The van der Waals surface area contributed by atoms with Crippen molar-refractivity contribution in [3.8, 4) is 0 Å². The Morgan fingerprint density at radius 1 is 1.33 bits per heavy atom. The summed E-state index contributed by atoms with van der Waals surface area (Å²) >= 11 is 0. The molecule has 1 N–H and O–H groups in total. The molecular formula is C11H11F2NO. The Kier molecular flexibility index (Phi) is 2.23. The van der Waals surface area contributed by atoms with Crippen LogP contribution < -0.4 is 0 Å². The Morgan fingerprint density at radius 3 is 2.73 bits per heavy atom. The first-order valence-corrected chi connectivity index (χ1v) is 4.59. The van der Waals surface area contributed by atoms with Crippen molar-refractivity contribution in [2.75, 3.05) is 6.61 Å². The van der Waals surface area contributed by atoms with Crippen molar-refractivity contribution in [2.45, 2.75) is 5.92 Å². The van der Waals surface area contributed by atoms with Gasteiger partial charge in [-0.25, -0.2) is 0 Å². The van der Waals surface area contributed by atoms with Gasteiger partial charge in [0.1, 0.15) is 6.61 Å². The van der Waals surface area contributed by atoms with Crippen LogP contribution in [-0.2, 0) is 13.0 Å². The molecule has 0 fully saturated rings. The number of halogens is 2. The number of benzene rings is 1. The topological polar surface area (TPSA) is 25.2 Å². The van der Waals surface area contributed by atoms with Gasteiger partial charge in [0.15, 0.2) is 0 Å². The summed E-state index contributed by atoms with van der Waals surface area (Å²) in [6.45, 7) is -1.16. The minimum absolute atomic E-state index is 0.149. The van der Waals surface area contributed by atoms with Crippen LogP contribution in [0.4, 0.5) is 8.78 Å². The molecule has 0 aliphatic heterocycles. The highest BCUT2D eigenvalue weighted by Gasteiger charge is 2.30. The lowest BCUT2D eigenvalue weighted by Gasteiger charge is -2.13. The van der Waals surface area contributed by atoms with Crippen LogP contribution in [-0.4, -0.2) is 16.3 Å². The molecule has 0 unspecified atom stereocenters. The highest BCUT2D eigenvalue weighted by molar-refractivity contribution is 5.80. The van der Waals surface area contributed by atoms with Crippen LogP contribution in [0.25, 0.3) is 10.9 Å². The highest BCUT2D eigenvalue weighted by atomic mass is 19.3. The Bertz CT molecular complexity index is 490. The summed E-state index contributed by atoms with van der Waals surface area (Å²) in [6.07, 6.45) is 1.81. The first-order chi connectivity index (χ1) is 7.04. The number of aliphatic hydroxyl groups excluding tert-OH is 1. The first kappa shape index (κ1) is 10.1. The van der Waals surface area contributed by atoms with E-state index in [1.807, 2.05) is 17.8 Å². The third kappa shape index (κ3) is 1.61. The second-order valence-corrected chi connectivity index (χ2v) is 3.56. The SMILES string of the molecule is Cn1ccc2cc(C(F)(F)CO)ccc21. The average Bonchev–Trinajstić information content (AvgIpc) is 2.60. The fourth-order valence-electron chi connectivity index (χ4n) is 1.60. The van der Waals surface area contributed by atoms with Gasteiger partial charge in [-0.2, -0.15) is 8.78 Å². The van der Waals surface area contributed by atoms with Gasteiger partial charge in [-0.15, -0.1) is 0 Å². The van der Waals surface area contributed by atoms with Gasteiger partial charge in [-0.1, -0.05) is 6.07 Å². The minimum atomic E-state index is -3.16. The van der Waals surface area contributed by atoms with E-state index in [-0.39, 0.29) is 5.56 Å². The maximum absolute atomic E-state index is 13.2. The summed E-state index contributed by atoms with van der Waals surface area (Å²) in [6, 6.07) is 6.16. The van der Waals surface area contributed by atoms with Gasteiger partial charge in [-0.3, -0.25) is 0 Å². The fourth-order valence-corrected chi connectivity index (χ4v) is 1.60. The number of aryl methyl sites for hydroxylation is 1. The highest BCUT2D eigenvalue weighted by Crippen LogP contribution is 2.29. The lowest BCUT2D eigenvalue weighted by Crippen LogP contribution is -2.18. The van der Waals surface area contributed by atoms with Crippen molar-refractivity contribution in [3.63, 3.8) is 0 Å².